The van der Waals surface area contributed by atoms with Crippen molar-refractivity contribution in [2.45, 2.75) is 85.4 Å². The molecule has 0 spiro atoms. The second kappa shape index (κ2) is 14.8. The van der Waals surface area contributed by atoms with Crippen LogP contribution in [0.5, 0.6) is 0 Å². The molecule has 5 heteroatoms. The van der Waals surface area contributed by atoms with Gasteiger partial charge in [0, 0.05) is 42.4 Å². The number of esters is 1. The van der Waals surface area contributed by atoms with Gasteiger partial charge in [-0.3, -0.25) is 0 Å². The van der Waals surface area contributed by atoms with Crippen molar-refractivity contribution in [1.29, 1.82) is 0 Å². The Morgan fingerprint density at radius 1 is 0.927 bits per heavy atom. The zero-order valence-electron chi connectivity index (χ0n) is 25.4. The Bertz CT molecular complexity index is 1400. The molecule has 5 nitrogen and oxygen atoms in total. The van der Waals surface area contributed by atoms with Crippen molar-refractivity contribution < 1.29 is 9.53 Å². The highest BCUT2D eigenvalue weighted by Crippen LogP contribution is 2.33. The first-order valence-electron chi connectivity index (χ1n) is 15.1. The number of benzene rings is 3. The summed E-state index contributed by atoms with van der Waals surface area (Å²) < 4.78 is 7.35. The quantitative estimate of drug-likeness (QED) is 0.160. The van der Waals surface area contributed by atoms with Crippen LogP contribution in [0.1, 0.15) is 78.7 Å². The Kier molecular flexibility index (Phi) is 10.9. The molecular weight excluding hydrogens is 506 g/mol. The molecule has 216 valence electrons. The van der Waals surface area contributed by atoms with E-state index in [1.807, 2.05) is 24.3 Å². The van der Waals surface area contributed by atoms with E-state index in [0.29, 0.717) is 11.6 Å². The third-order valence-corrected chi connectivity index (χ3v) is 7.83. The van der Waals surface area contributed by atoms with Crippen LogP contribution in [-0.4, -0.2) is 28.7 Å². The topological polar surface area (TPSA) is 56.2 Å². The largest absolute Gasteiger partial charge is 0.465 e. The molecule has 0 amide bonds. The fourth-order valence-electron chi connectivity index (χ4n) is 5.32. The number of aromatic nitrogens is 2. The Balaban J connectivity index is 1.72. The smallest absolute Gasteiger partial charge is 0.337 e. The number of methoxy groups -OCH3 is 1. The maximum absolute atomic E-state index is 11.9. The molecule has 0 aliphatic carbocycles. The summed E-state index contributed by atoms with van der Waals surface area (Å²) in [4.78, 5) is 17.2. The molecule has 0 saturated carbocycles. The molecule has 0 fully saturated rings. The van der Waals surface area contributed by atoms with Gasteiger partial charge in [0.1, 0.15) is 5.82 Å². The number of aryl methyl sites for hydroxylation is 2. The molecule has 41 heavy (non-hydrogen) atoms. The Hall–Kier alpha value is -3.70. The van der Waals surface area contributed by atoms with Crippen molar-refractivity contribution in [1.82, 2.24) is 14.9 Å². The van der Waals surface area contributed by atoms with E-state index >= 15 is 0 Å². The van der Waals surface area contributed by atoms with Gasteiger partial charge in [0.2, 0.25) is 0 Å². The van der Waals surface area contributed by atoms with Gasteiger partial charge in [0.05, 0.1) is 18.4 Å². The Morgan fingerprint density at radius 2 is 1.63 bits per heavy atom. The van der Waals surface area contributed by atoms with Crippen LogP contribution >= 0.6 is 0 Å². The van der Waals surface area contributed by atoms with E-state index in [1.165, 1.54) is 35.1 Å². The van der Waals surface area contributed by atoms with Crippen molar-refractivity contribution in [2.24, 2.45) is 0 Å². The number of imidazole rings is 1. The molecule has 1 unspecified atom stereocenters. The summed E-state index contributed by atoms with van der Waals surface area (Å²) in [6.07, 6.45) is 6.53. The second-order valence-corrected chi connectivity index (χ2v) is 11.0. The average Bonchev–Trinajstić information content (AvgIpc) is 3.35. The molecule has 0 bridgehead atoms. The highest BCUT2D eigenvalue weighted by atomic mass is 16.5. The van der Waals surface area contributed by atoms with Gasteiger partial charge in [-0.25, -0.2) is 9.78 Å². The fourth-order valence-corrected chi connectivity index (χ4v) is 5.32. The second-order valence-electron chi connectivity index (χ2n) is 11.0. The van der Waals surface area contributed by atoms with Gasteiger partial charge >= 0.3 is 5.97 Å². The third kappa shape index (κ3) is 7.74. The van der Waals surface area contributed by atoms with E-state index in [2.05, 4.69) is 86.1 Å². The number of hydrogen-bond acceptors (Lipinski definition) is 4. The summed E-state index contributed by atoms with van der Waals surface area (Å²) in [5.74, 6) is 0.758. The Labute approximate surface area is 246 Å². The van der Waals surface area contributed by atoms with Crippen LogP contribution in [0.4, 0.5) is 0 Å². The lowest BCUT2D eigenvalue weighted by Gasteiger charge is -2.21. The van der Waals surface area contributed by atoms with E-state index < -0.39 is 0 Å². The lowest BCUT2D eigenvalue weighted by Crippen LogP contribution is -2.32. The van der Waals surface area contributed by atoms with Gasteiger partial charge in [-0.15, -0.1) is 0 Å². The SMILES string of the molecule is CCCCC(Cc1c(-c2ccc(C)cc2)nc(-c2ccccc2C)n1CCCC)NCc1ccc(C(=O)OC)cc1. The minimum absolute atomic E-state index is 0.293. The number of hydrogen-bond donors (Lipinski definition) is 1. The average molecular weight is 552 g/mol. The zero-order chi connectivity index (χ0) is 29.2. The minimum atomic E-state index is -0.307. The highest BCUT2D eigenvalue weighted by Gasteiger charge is 2.23. The summed E-state index contributed by atoms with van der Waals surface area (Å²) in [5.41, 5.74) is 8.98. The van der Waals surface area contributed by atoms with Crippen LogP contribution in [0.25, 0.3) is 22.6 Å². The molecular formula is C36H45N3O2. The van der Waals surface area contributed by atoms with Gasteiger partial charge < -0.3 is 14.6 Å². The number of carbonyl (C=O) groups is 1. The molecule has 1 aromatic heterocycles. The normalized spacial score (nSPS) is 11.9. The standard InChI is InChI=1S/C36H45N3O2/c1-6-8-13-31(37-25-28-17-21-30(22-18-28)36(40)41-5)24-33-34(29-19-15-26(3)16-20-29)38-35(39(33)23-9-7-2)32-14-11-10-12-27(32)4/h10-12,14-22,31,37H,6-9,13,23-25H2,1-5H3. The first kappa shape index (κ1) is 30.3. The summed E-state index contributed by atoms with van der Waals surface area (Å²) in [6.45, 7) is 10.5. The fraction of sp³-hybridized carbons (Fsp3) is 0.389. The molecule has 0 aliphatic rings. The Morgan fingerprint density at radius 3 is 2.29 bits per heavy atom. The van der Waals surface area contributed by atoms with Crippen LogP contribution in [0.2, 0.25) is 0 Å². The van der Waals surface area contributed by atoms with Crippen LogP contribution in [0, 0.1) is 13.8 Å². The van der Waals surface area contributed by atoms with Gasteiger partial charge in [-0.2, -0.15) is 0 Å². The van der Waals surface area contributed by atoms with E-state index in [-0.39, 0.29) is 5.97 Å². The number of rotatable bonds is 14. The molecule has 0 aliphatic heterocycles. The molecule has 4 rings (SSSR count). The molecule has 0 radical (unpaired) electrons. The maximum atomic E-state index is 11.9. The van der Waals surface area contributed by atoms with Gasteiger partial charge in [-0.05, 0) is 49.9 Å². The van der Waals surface area contributed by atoms with Crippen LogP contribution < -0.4 is 5.32 Å². The van der Waals surface area contributed by atoms with Crippen molar-refractivity contribution in [2.75, 3.05) is 7.11 Å². The van der Waals surface area contributed by atoms with Gasteiger partial charge in [0.25, 0.3) is 0 Å². The van der Waals surface area contributed by atoms with Crippen LogP contribution in [0.15, 0.2) is 72.8 Å². The zero-order valence-corrected chi connectivity index (χ0v) is 25.4. The summed E-state index contributed by atoms with van der Waals surface area (Å²) in [7, 11) is 1.41. The monoisotopic (exact) mass is 551 g/mol. The number of carbonyl (C=O) groups excluding carboxylic acids is 1. The molecule has 1 N–H and O–H groups in total. The lowest BCUT2D eigenvalue weighted by molar-refractivity contribution is 0.0600. The summed E-state index contributed by atoms with van der Waals surface area (Å²) >= 11 is 0. The lowest BCUT2D eigenvalue weighted by atomic mass is 10.00. The number of unbranched alkanes of at least 4 members (excludes halogenated alkanes) is 2. The van der Waals surface area contributed by atoms with E-state index in [1.54, 1.807) is 0 Å². The first-order valence-corrected chi connectivity index (χ1v) is 15.1. The van der Waals surface area contributed by atoms with Gasteiger partial charge in [0.15, 0.2) is 0 Å². The van der Waals surface area contributed by atoms with E-state index in [4.69, 9.17) is 9.72 Å². The highest BCUT2D eigenvalue weighted by molar-refractivity contribution is 5.89. The van der Waals surface area contributed by atoms with Crippen molar-refractivity contribution in [3.05, 3.63) is 101 Å². The number of nitrogens with one attached hydrogen (secondary N) is 1. The van der Waals surface area contributed by atoms with Crippen molar-refractivity contribution >= 4 is 5.97 Å². The molecule has 0 saturated heterocycles. The first-order chi connectivity index (χ1) is 19.9. The molecule has 1 atom stereocenters. The number of nitrogens with zero attached hydrogens (tertiary/aromatic N) is 2. The third-order valence-electron chi connectivity index (χ3n) is 7.83. The maximum Gasteiger partial charge on any atom is 0.337 e. The van der Waals surface area contributed by atoms with Gasteiger partial charge in [-0.1, -0.05) is 99.3 Å². The molecule has 3 aromatic carbocycles. The van der Waals surface area contributed by atoms with E-state index in [9.17, 15) is 4.79 Å². The number of ether oxygens (including phenoxy) is 1. The van der Waals surface area contributed by atoms with Crippen LogP contribution in [0.3, 0.4) is 0 Å². The summed E-state index contributed by atoms with van der Waals surface area (Å²) in [5, 5.41) is 3.86. The molecule has 1 heterocycles. The summed E-state index contributed by atoms with van der Waals surface area (Å²) in [6, 6.07) is 25.4. The minimum Gasteiger partial charge on any atom is -0.465 e. The van der Waals surface area contributed by atoms with Crippen LogP contribution in [-0.2, 0) is 24.2 Å². The predicted molar refractivity (Wildman–Crippen MR) is 169 cm³/mol. The van der Waals surface area contributed by atoms with Crippen molar-refractivity contribution in [3.8, 4) is 22.6 Å². The molecule has 4 aromatic rings. The predicted octanol–water partition coefficient (Wildman–Crippen LogP) is 8.31. The van der Waals surface area contributed by atoms with E-state index in [0.717, 1.165) is 68.7 Å². The van der Waals surface area contributed by atoms with Crippen molar-refractivity contribution in [3.63, 3.8) is 0 Å².